The molecule has 0 aliphatic carbocycles. The normalized spacial score (nSPS) is 10.3. The number of aromatic nitrogens is 1. The summed E-state index contributed by atoms with van der Waals surface area (Å²) < 4.78 is 5.11. The molecule has 3 aromatic rings. The molecule has 0 atom stereocenters. The van der Waals surface area contributed by atoms with E-state index in [-0.39, 0.29) is 11.8 Å². The SMILES string of the molecule is COc1ccc(NC(=O)c2cncc(C(=O)Nc3c(C)cc(C)cc3C)c2)cc1. The van der Waals surface area contributed by atoms with Gasteiger partial charge >= 0.3 is 0 Å². The summed E-state index contributed by atoms with van der Waals surface area (Å²) in [4.78, 5) is 29.3. The minimum absolute atomic E-state index is 0.297. The van der Waals surface area contributed by atoms with Crippen molar-refractivity contribution in [2.24, 2.45) is 0 Å². The third-order valence-corrected chi connectivity index (χ3v) is 4.53. The van der Waals surface area contributed by atoms with Crippen molar-refractivity contribution < 1.29 is 14.3 Å². The van der Waals surface area contributed by atoms with Crippen LogP contribution in [0.4, 0.5) is 11.4 Å². The highest BCUT2D eigenvalue weighted by Gasteiger charge is 2.14. The summed E-state index contributed by atoms with van der Waals surface area (Å²) in [6.07, 6.45) is 2.87. The average molecular weight is 389 g/mol. The maximum Gasteiger partial charge on any atom is 0.257 e. The molecular formula is C23H23N3O3. The van der Waals surface area contributed by atoms with E-state index in [1.807, 2.05) is 32.9 Å². The average Bonchev–Trinajstić information content (AvgIpc) is 2.71. The first-order valence-corrected chi connectivity index (χ1v) is 9.17. The molecule has 6 nitrogen and oxygen atoms in total. The summed E-state index contributed by atoms with van der Waals surface area (Å²) in [6.45, 7) is 5.92. The topological polar surface area (TPSA) is 80.3 Å². The molecule has 0 saturated heterocycles. The number of anilines is 2. The summed E-state index contributed by atoms with van der Waals surface area (Å²) in [5.74, 6) is 0.0386. The zero-order chi connectivity index (χ0) is 21.0. The second-order valence-corrected chi connectivity index (χ2v) is 6.87. The van der Waals surface area contributed by atoms with Gasteiger partial charge < -0.3 is 15.4 Å². The number of aryl methyl sites for hydroxylation is 3. The number of hydrogen-bond donors (Lipinski definition) is 2. The zero-order valence-corrected chi connectivity index (χ0v) is 16.9. The standard InChI is InChI=1S/C23H23N3O3/c1-14-9-15(2)21(16(3)10-14)26-23(28)18-11-17(12-24-13-18)22(27)25-19-5-7-20(29-4)8-6-19/h5-13H,1-4H3,(H,25,27)(H,26,28). The molecule has 148 valence electrons. The lowest BCUT2D eigenvalue weighted by Gasteiger charge is -2.13. The number of nitrogens with one attached hydrogen (secondary N) is 2. The molecule has 2 N–H and O–H groups in total. The number of nitrogens with zero attached hydrogens (tertiary/aromatic N) is 1. The Morgan fingerprint density at radius 2 is 1.38 bits per heavy atom. The van der Waals surface area contributed by atoms with E-state index in [1.165, 1.54) is 18.5 Å². The molecule has 0 aliphatic heterocycles. The van der Waals surface area contributed by atoms with Crippen LogP contribution in [0.25, 0.3) is 0 Å². The minimum atomic E-state index is -0.347. The fourth-order valence-corrected chi connectivity index (χ4v) is 3.13. The van der Waals surface area contributed by atoms with Crippen LogP contribution in [0.15, 0.2) is 54.9 Å². The van der Waals surface area contributed by atoms with E-state index in [4.69, 9.17) is 4.74 Å². The first-order valence-electron chi connectivity index (χ1n) is 9.17. The van der Waals surface area contributed by atoms with Crippen molar-refractivity contribution in [3.8, 4) is 5.75 Å². The number of carbonyl (C=O) groups excluding carboxylic acids is 2. The molecule has 0 unspecified atom stereocenters. The van der Waals surface area contributed by atoms with Crippen molar-refractivity contribution in [2.75, 3.05) is 17.7 Å². The fourth-order valence-electron chi connectivity index (χ4n) is 3.13. The number of pyridine rings is 1. The van der Waals surface area contributed by atoms with E-state index < -0.39 is 0 Å². The predicted molar refractivity (Wildman–Crippen MR) is 114 cm³/mol. The molecule has 0 saturated carbocycles. The highest BCUT2D eigenvalue weighted by atomic mass is 16.5. The molecule has 3 rings (SSSR count). The van der Waals surface area contributed by atoms with Crippen molar-refractivity contribution in [3.05, 3.63) is 82.7 Å². The van der Waals surface area contributed by atoms with Gasteiger partial charge in [0.15, 0.2) is 0 Å². The predicted octanol–water partition coefficient (Wildman–Crippen LogP) is 4.52. The number of ether oxygens (including phenoxy) is 1. The van der Waals surface area contributed by atoms with Crippen LogP contribution in [0.5, 0.6) is 5.75 Å². The molecule has 0 spiro atoms. The Morgan fingerprint density at radius 1 is 0.828 bits per heavy atom. The van der Waals surface area contributed by atoms with Crippen LogP contribution in [0.3, 0.4) is 0 Å². The van der Waals surface area contributed by atoms with Gasteiger partial charge in [0, 0.05) is 23.8 Å². The quantitative estimate of drug-likeness (QED) is 0.672. The van der Waals surface area contributed by atoms with Crippen LogP contribution in [0.2, 0.25) is 0 Å². The summed E-state index contributed by atoms with van der Waals surface area (Å²) in [7, 11) is 1.58. The van der Waals surface area contributed by atoms with Gasteiger partial charge in [0.05, 0.1) is 18.2 Å². The summed E-state index contributed by atoms with van der Waals surface area (Å²) in [5.41, 5.74) is 5.11. The first kappa shape index (κ1) is 20.1. The molecule has 29 heavy (non-hydrogen) atoms. The second-order valence-electron chi connectivity index (χ2n) is 6.87. The largest absolute Gasteiger partial charge is 0.497 e. The number of rotatable bonds is 5. The summed E-state index contributed by atoms with van der Waals surface area (Å²) in [6, 6.07) is 12.5. The maximum atomic E-state index is 12.7. The van der Waals surface area contributed by atoms with E-state index in [1.54, 1.807) is 31.4 Å². The summed E-state index contributed by atoms with van der Waals surface area (Å²) >= 11 is 0. The Balaban J connectivity index is 1.76. The third kappa shape index (κ3) is 4.79. The van der Waals surface area contributed by atoms with E-state index in [2.05, 4.69) is 15.6 Å². The fraction of sp³-hybridized carbons (Fsp3) is 0.174. The van der Waals surface area contributed by atoms with Gasteiger partial charge in [-0.3, -0.25) is 14.6 Å². The van der Waals surface area contributed by atoms with E-state index in [9.17, 15) is 9.59 Å². The number of benzene rings is 2. The van der Waals surface area contributed by atoms with Crippen LogP contribution >= 0.6 is 0 Å². The Bertz CT molecular complexity index is 1040. The molecule has 0 fully saturated rings. The van der Waals surface area contributed by atoms with Crippen LogP contribution in [-0.4, -0.2) is 23.9 Å². The van der Waals surface area contributed by atoms with Crippen molar-refractivity contribution >= 4 is 23.2 Å². The molecule has 1 heterocycles. The van der Waals surface area contributed by atoms with Crippen molar-refractivity contribution in [1.29, 1.82) is 0 Å². The van der Waals surface area contributed by atoms with Crippen LogP contribution in [0.1, 0.15) is 37.4 Å². The molecule has 0 bridgehead atoms. The summed E-state index contributed by atoms with van der Waals surface area (Å²) in [5, 5.41) is 5.71. The Morgan fingerprint density at radius 3 is 1.93 bits per heavy atom. The lowest BCUT2D eigenvalue weighted by atomic mass is 10.0. The molecule has 2 amide bonds. The highest BCUT2D eigenvalue weighted by molar-refractivity contribution is 6.08. The van der Waals surface area contributed by atoms with Crippen LogP contribution in [0, 0.1) is 20.8 Å². The lowest BCUT2D eigenvalue weighted by Crippen LogP contribution is -2.17. The number of carbonyl (C=O) groups is 2. The molecule has 0 radical (unpaired) electrons. The number of amides is 2. The number of methoxy groups -OCH3 is 1. The minimum Gasteiger partial charge on any atom is -0.497 e. The van der Waals surface area contributed by atoms with Gasteiger partial charge in [0.1, 0.15) is 5.75 Å². The molecule has 0 aliphatic rings. The van der Waals surface area contributed by atoms with Gasteiger partial charge in [-0.05, 0) is 62.2 Å². The monoisotopic (exact) mass is 389 g/mol. The number of hydrogen-bond acceptors (Lipinski definition) is 4. The van der Waals surface area contributed by atoms with Gasteiger partial charge in [-0.2, -0.15) is 0 Å². The Hall–Kier alpha value is -3.67. The van der Waals surface area contributed by atoms with Crippen LogP contribution < -0.4 is 15.4 Å². The third-order valence-electron chi connectivity index (χ3n) is 4.53. The van der Waals surface area contributed by atoms with Crippen molar-refractivity contribution in [1.82, 2.24) is 4.98 Å². The lowest BCUT2D eigenvalue weighted by molar-refractivity contribution is 0.102. The first-order chi connectivity index (χ1) is 13.9. The highest BCUT2D eigenvalue weighted by Crippen LogP contribution is 2.23. The maximum absolute atomic E-state index is 12.7. The van der Waals surface area contributed by atoms with Gasteiger partial charge in [0.25, 0.3) is 11.8 Å². The Kier molecular flexibility index (Phi) is 5.93. The molecule has 2 aromatic carbocycles. The zero-order valence-electron chi connectivity index (χ0n) is 16.9. The van der Waals surface area contributed by atoms with E-state index in [0.29, 0.717) is 22.6 Å². The van der Waals surface area contributed by atoms with Gasteiger partial charge in [-0.1, -0.05) is 17.7 Å². The van der Waals surface area contributed by atoms with E-state index in [0.717, 1.165) is 22.4 Å². The van der Waals surface area contributed by atoms with Crippen molar-refractivity contribution in [2.45, 2.75) is 20.8 Å². The molecule has 1 aromatic heterocycles. The second kappa shape index (κ2) is 8.56. The van der Waals surface area contributed by atoms with E-state index >= 15 is 0 Å². The Labute approximate surface area is 169 Å². The van der Waals surface area contributed by atoms with Crippen LogP contribution in [-0.2, 0) is 0 Å². The van der Waals surface area contributed by atoms with Gasteiger partial charge in [-0.15, -0.1) is 0 Å². The molecule has 6 heteroatoms. The smallest absolute Gasteiger partial charge is 0.257 e. The molecular weight excluding hydrogens is 366 g/mol. The van der Waals surface area contributed by atoms with Crippen molar-refractivity contribution in [3.63, 3.8) is 0 Å². The van der Waals surface area contributed by atoms with Gasteiger partial charge in [0.2, 0.25) is 0 Å². The van der Waals surface area contributed by atoms with Gasteiger partial charge in [-0.25, -0.2) is 0 Å².